The third kappa shape index (κ3) is 8.90. The molecule has 3 rings (SSSR count). The van der Waals surface area contributed by atoms with E-state index in [0.29, 0.717) is 10.6 Å². The van der Waals surface area contributed by atoms with Crippen LogP contribution in [0.1, 0.15) is 52.0 Å². The first-order valence-corrected chi connectivity index (χ1v) is 13.3. The minimum absolute atomic E-state index is 0.0122. The predicted octanol–water partition coefficient (Wildman–Crippen LogP) is 0.407. The van der Waals surface area contributed by atoms with Gasteiger partial charge in [-0.25, -0.2) is 4.79 Å². The number of piperidine rings is 1. The maximum Gasteiger partial charge on any atom is 0.418 e. The number of hydrogen-bond donors (Lipinski definition) is 3. The second-order valence-electron chi connectivity index (χ2n) is 9.93. The van der Waals surface area contributed by atoms with Gasteiger partial charge in [-0.1, -0.05) is 12.1 Å². The van der Waals surface area contributed by atoms with E-state index in [1.165, 1.54) is 12.1 Å². The van der Waals surface area contributed by atoms with Gasteiger partial charge in [0.2, 0.25) is 5.91 Å². The van der Waals surface area contributed by atoms with Gasteiger partial charge in [0.1, 0.15) is 17.4 Å². The number of nitrogens with zero attached hydrogens (tertiary/aromatic N) is 2. The highest BCUT2D eigenvalue weighted by molar-refractivity contribution is 7.80. The first-order chi connectivity index (χ1) is 18.1. The highest BCUT2D eigenvalue weighted by Gasteiger charge is 2.49. The Hall–Kier alpha value is -3.76. The van der Waals surface area contributed by atoms with Crippen LogP contribution in [-0.4, -0.2) is 76.9 Å². The third-order valence-corrected chi connectivity index (χ3v) is 5.95. The number of benzene rings is 1. The molecule has 2 heterocycles. The lowest BCUT2D eigenvalue weighted by atomic mass is 10.0. The average Bonchev–Trinajstić information content (AvgIpc) is 3.05. The summed E-state index contributed by atoms with van der Waals surface area (Å²) in [6.07, 6.45) is 0.0146. The molecule has 4 amide bonds. The van der Waals surface area contributed by atoms with E-state index in [4.69, 9.17) is 14.0 Å². The number of hydrazine groups is 1. The Balaban J connectivity index is 1.42. The van der Waals surface area contributed by atoms with Gasteiger partial charge >= 0.3 is 28.4 Å². The van der Waals surface area contributed by atoms with E-state index >= 15 is 0 Å². The zero-order chi connectivity index (χ0) is 29.0. The molecule has 3 N–H and O–H groups in total. The molecule has 214 valence electrons. The Bertz CT molecular complexity index is 1230. The maximum absolute atomic E-state index is 12.6. The number of nitrogens with one attached hydrogen (secondary N) is 2. The SMILES string of the molecule is CC(C)(C)OC(=O)CCC(=O)Oc1ccc(CC(=O)NNC(=O)[C@@H]2CC[C@@H]3CN2C(=O)N3OS(=O)(=O)O)cc1. The Morgan fingerprint density at radius 1 is 1.03 bits per heavy atom. The molecule has 39 heavy (non-hydrogen) atoms. The van der Waals surface area contributed by atoms with Gasteiger partial charge in [-0.3, -0.25) is 34.6 Å². The normalized spacial score (nSPS) is 18.9. The van der Waals surface area contributed by atoms with Crippen molar-refractivity contribution in [2.75, 3.05) is 6.54 Å². The zero-order valence-electron chi connectivity index (χ0n) is 21.5. The number of esters is 2. The van der Waals surface area contributed by atoms with Crippen molar-refractivity contribution in [3.05, 3.63) is 29.8 Å². The summed E-state index contributed by atoms with van der Waals surface area (Å²) in [7, 11) is -4.91. The van der Waals surface area contributed by atoms with E-state index < -0.39 is 57.9 Å². The molecule has 0 aromatic heterocycles. The van der Waals surface area contributed by atoms with Crippen LogP contribution < -0.4 is 15.6 Å². The molecule has 0 aliphatic carbocycles. The average molecular weight is 571 g/mol. The van der Waals surface area contributed by atoms with Crippen LogP contribution >= 0.6 is 0 Å². The van der Waals surface area contributed by atoms with Crippen molar-refractivity contribution in [1.29, 1.82) is 0 Å². The second-order valence-corrected chi connectivity index (χ2v) is 10.9. The maximum atomic E-state index is 12.6. The molecule has 2 atom stereocenters. The molecule has 15 nitrogen and oxygen atoms in total. The largest absolute Gasteiger partial charge is 0.460 e. The second kappa shape index (κ2) is 12.0. The van der Waals surface area contributed by atoms with Crippen molar-refractivity contribution in [3.8, 4) is 5.75 Å². The van der Waals surface area contributed by atoms with Gasteiger partial charge in [-0.2, -0.15) is 13.5 Å². The Labute approximate surface area is 224 Å². The summed E-state index contributed by atoms with van der Waals surface area (Å²) in [5.74, 6) is -2.16. The first-order valence-electron chi connectivity index (χ1n) is 12.0. The molecule has 2 aliphatic heterocycles. The molecule has 0 radical (unpaired) electrons. The summed E-state index contributed by atoms with van der Waals surface area (Å²) in [5.41, 5.74) is 4.40. The van der Waals surface area contributed by atoms with Crippen molar-refractivity contribution >= 4 is 40.2 Å². The van der Waals surface area contributed by atoms with Crippen LogP contribution in [0.2, 0.25) is 0 Å². The van der Waals surface area contributed by atoms with E-state index in [2.05, 4.69) is 15.1 Å². The van der Waals surface area contributed by atoms with Crippen LogP contribution in [-0.2, 0) is 45.0 Å². The van der Waals surface area contributed by atoms with E-state index in [1.54, 1.807) is 32.9 Å². The number of carbonyl (C=O) groups is 5. The first kappa shape index (κ1) is 29.8. The van der Waals surface area contributed by atoms with Gasteiger partial charge in [-0.05, 0) is 51.3 Å². The molecular formula is C23H30N4O11S. The zero-order valence-corrected chi connectivity index (χ0v) is 22.4. The quantitative estimate of drug-likeness (QED) is 0.161. The third-order valence-electron chi connectivity index (χ3n) is 5.60. The summed E-state index contributed by atoms with van der Waals surface area (Å²) in [6, 6.07) is 3.53. The minimum atomic E-state index is -4.91. The number of urea groups is 1. The smallest absolute Gasteiger partial charge is 0.418 e. The topological polar surface area (TPSA) is 198 Å². The van der Waals surface area contributed by atoms with E-state index in [0.717, 1.165) is 4.90 Å². The number of ether oxygens (including phenoxy) is 2. The number of hydroxylamine groups is 2. The molecule has 2 bridgehead atoms. The van der Waals surface area contributed by atoms with Gasteiger partial charge in [0.25, 0.3) is 5.91 Å². The molecule has 1 aromatic carbocycles. The van der Waals surface area contributed by atoms with Crippen molar-refractivity contribution in [1.82, 2.24) is 20.8 Å². The van der Waals surface area contributed by atoms with Crippen molar-refractivity contribution in [2.45, 2.75) is 70.6 Å². The summed E-state index contributed by atoms with van der Waals surface area (Å²) >= 11 is 0. The minimum Gasteiger partial charge on any atom is -0.460 e. The monoisotopic (exact) mass is 570 g/mol. The predicted molar refractivity (Wildman–Crippen MR) is 131 cm³/mol. The van der Waals surface area contributed by atoms with Gasteiger partial charge in [-0.15, -0.1) is 4.28 Å². The summed E-state index contributed by atoms with van der Waals surface area (Å²) in [5, 5.41) is 0.517. The number of carbonyl (C=O) groups excluding carboxylic acids is 5. The number of hydrogen-bond acceptors (Lipinski definition) is 10. The highest BCUT2D eigenvalue weighted by Crippen LogP contribution is 2.30. The van der Waals surface area contributed by atoms with E-state index in [9.17, 15) is 32.4 Å². The van der Waals surface area contributed by atoms with Crippen LogP contribution in [0.15, 0.2) is 24.3 Å². The van der Waals surface area contributed by atoms with E-state index in [1.807, 2.05) is 0 Å². The van der Waals surface area contributed by atoms with Crippen LogP contribution in [0.5, 0.6) is 5.75 Å². The van der Waals surface area contributed by atoms with Crippen molar-refractivity contribution < 1.29 is 50.7 Å². The van der Waals surface area contributed by atoms with Gasteiger partial charge in [0, 0.05) is 6.54 Å². The van der Waals surface area contributed by atoms with Crippen molar-refractivity contribution in [3.63, 3.8) is 0 Å². The molecule has 2 aliphatic rings. The molecule has 0 unspecified atom stereocenters. The summed E-state index contributed by atoms with van der Waals surface area (Å²) in [4.78, 5) is 62.0. The van der Waals surface area contributed by atoms with Gasteiger partial charge in [0.15, 0.2) is 0 Å². The molecule has 2 saturated heterocycles. The lowest BCUT2D eigenvalue weighted by molar-refractivity contribution is -0.156. The highest BCUT2D eigenvalue weighted by atomic mass is 32.3. The summed E-state index contributed by atoms with van der Waals surface area (Å²) < 4.78 is 45.4. The fourth-order valence-electron chi connectivity index (χ4n) is 4.00. The molecule has 0 spiro atoms. The van der Waals surface area contributed by atoms with Gasteiger partial charge < -0.3 is 14.4 Å². The summed E-state index contributed by atoms with van der Waals surface area (Å²) in [6.45, 7) is 5.18. The Morgan fingerprint density at radius 2 is 1.67 bits per heavy atom. The van der Waals surface area contributed by atoms with E-state index in [-0.39, 0.29) is 44.4 Å². The molecule has 16 heteroatoms. The fraction of sp³-hybridized carbons (Fsp3) is 0.522. The molecule has 2 fully saturated rings. The standard InChI is InChI=1S/C23H30N4O11S/c1-23(2,3)37-20(30)11-10-19(29)36-16-7-4-14(5-8-16)12-18(28)24-25-21(31)17-9-6-15-13-26(17)22(32)27(15)38-39(33,34)35/h4-5,7-8,15,17H,6,9-13H2,1-3H3,(H,24,28)(H,25,31)(H,33,34,35)/t15-,17+/m1/s1. The van der Waals surface area contributed by atoms with Crippen LogP contribution in [0, 0.1) is 0 Å². The molecule has 1 aromatic rings. The van der Waals surface area contributed by atoms with Gasteiger partial charge in [0.05, 0.1) is 25.3 Å². The van der Waals surface area contributed by atoms with Crippen molar-refractivity contribution in [2.24, 2.45) is 0 Å². The molecule has 0 saturated carbocycles. The van der Waals surface area contributed by atoms with Crippen LogP contribution in [0.25, 0.3) is 0 Å². The number of amides is 4. The van der Waals surface area contributed by atoms with Crippen LogP contribution in [0.3, 0.4) is 0 Å². The fourth-order valence-corrected chi connectivity index (χ4v) is 4.39. The number of fused-ring (bicyclic) bond motifs is 2. The molecular weight excluding hydrogens is 540 g/mol. The Kier molecular flexibility index (Phi) is 9.14. The Morgan fingerprint density at radius 3 is 2.28 bits per heavy atom. The lowest BCUT2D eigenvalue weighted by Gasteiger charge is -2.29. The lowest BCUT2D eigenvalue weighted by Crippen LogP contribution is -2.54. The van der Waals surface area contributed by atoms with Crippen LogP contribution in [0.4, 0.5) is 4.79 Å². The number of rotatable bonds is 9.